The van der Waals surface area contributed by atoms with E-state index in [1.807, 2.05) is 6.92 Å². The molecule has 0 aliphatic carbocycles. The van der Waals surface area contributed by atoms with Gasteiger partial charge in [0.05, 0.1) is 24.7 Å². The highest BCUT2D eigenvalue weighted by molar-refractivity contribution is 5.83. The van der Waals surface area contributed by atoms with Crippen LogP contribution in [0.25, 0.3) is 0 Å². The maximum Gasteiger partial charge on any atom is 0.240 e. The number of hydrogen-bond acceptors (Lipinski definition) is 3. The lowest BCUT2D eigenvalue weighted by molar-refractivity contribution is -0.157. The molecule has 0 bridgehead atoms. The van der Waals surface area contributed by atoms with Crippen LogP contribution in [0, 0.1) is 12.3 Å². The summed E-state index contributed by atoms with van der Waals surface area (Å²) >= 11 is 0. The lowest BCUT2D eigenvalue weighted by Gasteiger charge is -2.47. The highest BCUT2D eigenvalue weighted by atomic mass is 16.3. The molecule has 1 fully saturated rings. The second kappa shape index (κ2) is 4.65. The fraction of sp³-hybridized carbons (Fsp3) is 0.727. The number of nitrogens with two attached hydrogens (primary N) is 1. The van der Waals surface area contributed by atoms with Gasteiger partial charge in [0.1, 0.15) is 0 Å². The van der Waals surface area contributed by atoms with Gasteiger partial charge in [-0.05, 0) is 6.42 Å². The van der Waals surface area contributed by atoms with Gasteiger partial charge in [-0.1, -0.05) is 13.3 Å². The maximum atomic E-state index is 11.6. The Bertz CT molecular complexity index is 277. The van der Waals surface area contributed by atoms with Gasteiger partial charge in [0.25, 0.3) is 0 Å². The predicted molar refractivity (Wildman–Crippen MR) is 57.9 cm³/mol. The summed E-state index contributed by atoms with van der Waals surface area (Å²) < 4.78 is 0. The lowest BCUT2D eigenvalue weighted by Crippen LogP contribution is -2.65. The van der Waals surface area contributed by atoms with Gasteiger partial charge in [-0.25, -0.2) is 0 Å². The van der Waals surface area contributed by atoms with E-state index in [0.717, 1.165) is 12.8 Å². The van der Waals surface area contributed by atoms with Crippen molar-refractivity contribution in [1.29, 1.82) is 0 Å². The molecule has 1 aliphatic heterocycles. The van der Waals surface area contributed by atoms with Crippen LogP contribution < -0.4 is 5.73 Å². The minimum Gasteiger partial charge on any atom is -0.386 e. The van der Waals surface area contributed by atoms with E-state index < -0.39 is 11.6 Å². The molecule has 1 rings (SSSR count). The van der Waals surface area contributed by atoms with Crippen molar-refractivity contribution in [3.05, 3.63) is 0 Å². The summed E-state index contributed by atoms with van der Waals surface area (Å²) in [5, 5.41) is 9.87. The molecule has 1 heterocycles. The molecule has 0 aromatic rings. The Hall–Kier alpha value is -1.05. The maximum absolute atomic E-state index is 11.6. The topological polar surface area (TPSA) is 66.6 Å². The minimum absolute atomic E-state index is 0.159. The number of likely N-dealkylation sites (tertiary alicyclic amines) is 1. The number of carbonyl (C=O) groups is 1. The molecule has 0 radical (unpaired) electrons. The molecule has 0 aromatic heterocycles. The summed E-state index contributed by atoms with van der Waals surface area (Å²) in [5.74, 6) is 2.20. The Morgan fingerprint density at radius 2 is 2.33 bits per heavy atom. The second-order valence-corrected chi connectivity index (χ2v) is 4.18. The van der Waals surface area contributed by atoms with Crippen molar-refractivity contribution < 1.29 is 9.90 Å². The van der Waals surface area contributed by atoms with E-state index in [1.54, 1.807) is 4.90 Å². The van der Waals surface area contributed by atoms with Crippen molar-refractivity contribution in [3.8, 4) is 12.3 Å². The number of rotatable bonds is 4. The van der Waals surface area contributed by atoms with Crippen LogP contribution in [0.5, 0.6) is 0 Å². The summed E-state index contributed by atoms with van der Waals surface area (Å²) in [5.41, 5.74) is 4.89. The standard InChI is InChI=1S/C11H18N2O2/c1-3-5-9(12)10(14)13-7-11(15,8-13)6-4-2/h1,9,15H,4-8,12H2,2H3. The Morgan fingerprint density at radius 1 is 1.73 bits per heavy atom. The van der Waals surface area contributed by atoms with Gasteiger partial charge in [-0.3, -0.25) is 4.79 Å². The normalized spacial score (nSPS) is 20.3. The first-order chi connectivity index (χ1) is 7.02. The van der Waals surface area contributed by atoms with Crippen LogP contribution in [0.1, 0.15) is 26.2 Å². The quantitative estimate of drug-likeness (QED) is 0.627. The van der Waals surface area contributed by atoms with E-state index in [-0.39, 0.29) is 12.3 Å². The van der Waals surface area contributed by atoms with Crippen LogP contribution in [0.4, 0.5) is 0 Å². The van der Waals surface area contributed by atoms with E-state index in [1.165, 1.54) is 0 Å². The SMILES string of the molecule is C#CCC(N)C(=O)N1CC(O)(CCC)C1. The molecule has 1 amide bonds. The summed E-state index contributed by atoms with van der Waals surface area (Å²) in [6.07, 6.45) is 6.96. The fourth-order valence-electron chi connectivity index (χ4n) is 1.89. The van der Waals surface area contributed by atoms with Crippen LogP contribution in [-0.4, -0.2) is 40.6 Å². The largest absolute Gasteiger partial charge is 0.386 e. The highest BCUT2D eigenvalue weighted by Crippen LogP contribution is 2.26. The predicted octanol–water partition coefficient (Wildman–Crippen LogP) is -0.290. The van der Waals surface area contributed by atoms with E-state index in [9.17, 15) is 9.90 Å². The number of β-amino-alcohol motifs (C(OH)–C–C–N with tert-alkyl or cyclic N) is 1. The molecule has 0 spiro atoms. The molecule has 1 unspecified atom stereocenters. The zero-order chi connectivity index (χ0) is 11.5. The number of nitrogens with zero attached hydrogens (tertiary/aromatic N) is 1. The summed E-state index contributed by atoms with van der Waals surface area (Å²) in [6, 6.07) is -0.624. The van der Waals surface area contributed by atoms with Crippen LogP contribution in [0.15, 0.2) is 0 Å². The minimum atomic E-state index is -0.694. The van der Waals surface area contributed by atoms with Crippen LogP contribution in [0.3, 0.4) is 0 Å². The zero-order valence-corrected chi connectivity index (χ0v) is 9.07. The number of aliphatic hydroxyl groups is 1. The summed E-state index contributed by atoms with van der Waals surface area (Å²) in [6.45, 7) is 2.78. The number of carbonyl (C=O) groups excluding carboxylic acids is 1. The first-order valence-corrected chi connectivity index (χ1v) is 5.22. The molecule has 4 nitrogen and oxygen atoms in total. The number of hydrogen-bond donors (Lipinski definition) is 2. The van der Waals surface area contributed by atoms with E-state index in [2.05, 4.69) is 5.92 Å². The van der Waals surface area contributed by atoms with E-state index in [0.29, 0.717) is 13.1 Å². The molecular weight excluding hydrogens is 192 g/mol. The zero-order valence-electron chi connectivity index (χ0n) is 9.07. The average molecular weight is 210 g/mol. The van der Waals surface area contributed by atoms with E-state index >= 15 is 0 Å². The van der Waals surface area contributed by atoms with Gasteiger partial charge in [0.15, 0.2) is 0 Å². The first-order valence-electron chi connectivity index (χ1n) is 5.22. The Morgan fingerprint density at radius 3 is 2.80 bits per heavy atom. The first kappa shape index (κ1) is 12.0. The molecule has 1 aliphatic rings. The van der Waals surface area contributed by atoms with Gasteiger partial charge >= 0.3 is 0 Å². The lowest BCUT2D eigenvalue weighted by atomic mass is 9.88. The summed E-state index contributed by atoms with van der Waals surface area (Å²) in [7, 11) is 0. The third-order valence-corrected chi connectivity index (χ3v) is 2.65. The van der Waals surface area contributed by atoms with Crippen LogP contribution in [0.2, 0.25) is 0 Å². The molecule has 15 heavy (non-hydrogen) atoms. The van der Waals surface area contributed by atoms with Gasteiger partial charge in [-0.15, -0.1) is 12.3 Å². The third-order valence-electron chi connectivity index (χ3n) is 2.65. The van der Waals surface area contributed by atoms with Crippen LogP contribution in [-0.2, 0) is 4.79 Å². The Balaban J connectivity index is 2.38. The van der Waals surface area contributed by atoms with Crippen molar-refractivity contribution in [2.24, 2.45) is 5.73 Å². The van der Waals surface area contributed by atoms with Gasteiger partial charge < -0.3 is 15.7 Å². The Kier molecular flexibility index (Phi) is 3.72. The molecule has 4 heteroatoms. The Labute approximate surface area is 90.4 Å². The van der Waals surface area contributed by atoms with Gasteiger partial charge in [0, 0.05) is 6.42 Å². The van der Waals surface area contributed by atoms with Crippen molar-refractivity contribution in [2.75, 3.05) is 13.1 Å². The van der Waals surface area contributed by atoms with Crippen LogP contribution >= 0.6 is 0 Å². The van der Waals surface area contributed by atoms with E-state index in [4.69, 9.17) is 12.2 Å². The fourth-order valence-corrected chi connectivity index (χ4v) is 1.89. The smallest absolute Gasteiger partial charge is 0.240 e. The highest BCUT2D eigenvalue weighted by Gasteiger charge is 2.43. The molecule has 3 N–H and O–H groups in total. The number of terminal acetylenes is 1. The van der Waals surface area contributed by atoms with Gasteiger partial charge in [0.2, 0.25) is 5.91 Å². The van der Waals surface area contributed by atoms with Crippen molar-refractivity contribution >= 4 is 5.91 Å². The third kappa shape index (κ3) is 2.71. The molecular formula is C11H18N2O2. The molecule has 1 saturated heterocycles. The monoisotopic (exact) mass is 210 g/mol. The number of amides is 1. The van der Waals surface area contributed by atoms with Crippen molar-refractivity contribution in [3.63, 3.8) is 0 Å². The molecule has 1 atom stereocenters. The molecule has 0 saturated carbocycles. The van der Waals surface area contributed by atoms with Crippen molar-refractivity contribution in [1.82, 2.24) is 4.90 Å². The molecule has 84 valence electrons. The van der Waals surface area contributed by atoms with Gasteiger partial charge in [-0.2, -0.15) is 0 Å². The van der Waals surface area contributed by atoms with Crippen molar-refractivity contribution in [2.45, 2.75) is 37.8 Å². The average Bonchev–Trinajstić information content (AvgIpc) is 2.13. The second-order valence-electron chi connectivity index (χ2n) is 4.18. The molecule has 0 aromatic carbocycles. The summed E-state index contributed by atoms with van der Waals surface area (Å²) in [4.78, 5) is 13.2.